The topological polar surface area (TPSA) is 17.1 Å². The second-order valence-corrected chi connectivity index (χ2v) is 16.0. The van der Waals surface area contributed by atoms with Crippen LogP contribution in [0.25, 0.3) is 0 Å². The zero-order chi connectivity index (χ0) is 19.4. The zero-order valence-electron chi connectivity index (χ0n) is 17.3. The van der Waals surface area contributed by atoms with Crippen molar-refractivity contribution < 1.29 is 4.79 Å². The summed E-state index contributed by atoms with van der Waals surface area (Å²) in [4.78, 5) is 13.9. The minimum Gasteiger partial charge on any atom is -0.298 e. The van der Waals surface area contributed by atoms with Crippen LogP contribution in [0.1, 0.15) is 43.2 Å². The van der Waals surface area contributed by atoms with Crippen LogP contribution in [0.15, 0.2) is 60.7 Å². The first-order valence-electron chi connectivity index (χ1n) is 10.3. The van der Waals surface area contributed by atoms with E-state index in [0.29, 0.717) is 11.7 Å². The van der Waals surface area contributed by atoms with Crippen molar-refractivity contribution in [3.63, 3.8) is 0 Å². The molecule has 142 valence electrons. The van der Waals surface area contributed by atoms with Crippen LogP contribution in [0, 0.1) is 16.7 Å². The van der Waals surface area contributed by atoms with Crippen LogP contribution in [0.4, 0.5) is 0 Å². The monoisotopic (exact) mass is 376 g/mol. The van der Waals surface area contributed by atoms with Gasteiger partial charge in [-0.2, -0.15) is 0 Å². The molecule has 2 aliphatic rings. The molecule has 0 amide bonds. The maximum Gasteiger partial charge on any atom is 0.146 e. The van der Waals surface area contributed by atoms with E-state index in [0.717, 1.165) is 6.42 Å². The highest BCUT2D eigenvalue weighted by Gasteiger charge is 2.72. The van der Waals surface area contributed by atoms with Crippen LogP contribution < -0.4 is 0 Å². The van der Waals surface area contributed by atoms with Gasteiger partial charge in [-0.3, -0.25) is 4.79 Å². The Balaban J connectivity index is 1.89. The van der Waals surface area contributed by atoms with Crippen molar-refractivity contribution in [1.29, 1.82) is 0 Å². The quantitative estimate of drug-likeness (QED) is 0.556. The van der Waals surface area contributed by atoms with Gasteiger partial charge >= 0.3 is 0 Å². The number of fused-ring (bicyclic) bond motifs is 2. The third-order valence-corrected chi connectivity index (χ3v) is 9.09. The van der Waals surface area contributed by atoms with Crippen LogP contribution in [-0.2, 0) is 4.79 Å². The van der Waals surface area contributed by atoms with Gasteiger partial charge in [0.15, 0.2) is 0 Å². The first-order chi connectivity index (χ1) is 12.7. The smallest absolute Gasteiger partial charge is 0.146 e. The standard InChI is InChI=1S/C25H32OSi/c1-24-16-20(17-27(3,4)5)25(2,23(24)26)22(19-14-10-7-11-15-19)21(24)18-12-8-6-9-13-18/h6-15,20-22H,16-17H2,1-5H3/t20?,21?,22?,24-,25+/m1/s1. The minimum atomic E-state index is -1.25. The van der Waals surface area contributed by atoms with Crippen molar-refractivity contribution in [1.82, 2.24) is 0 Å². The number of benzene rings is 2. The van der Waals surface area contributed by atoms with E-state index in [2.05, 4.69) is 94.2 Å². The fraction of sp³-hybridized carbons (Fsp3) is 0.480. The van der Waals surface area contributed by atoms with Gasteiger partial charge in [-0.25, -0.2) is 0 Å². The molecule has 0 spiro atoms. The maximum absolute atomic E-state index is 13.9. The van der Waals surface area contributed by atoms with Crippen LogP contribution in [0.2, 0.25) is 25.7 Å². The molecular weight excluding hydrogens is 344 g/mol. The Hall–Kier alpha value is -1.67. The first kappa shape index (κ1) is 18.7. The number of carbonyl (C=O) groups excluding carboxylic acids is 1. The average Bonchev–Trinajstić information content (AvgIpc) is 2.92. The Morgan fingerprint density at radius 2 is 1.33 bits per heavy atom. The van der Waals surface area contributed by atoms with Crippen molar-refractivity contribution in [2.45, 2.75) is 57.8 Å². The predicted molar refractivity (Wildman–Crippen MR) is 116 cm³/mol. The van der Waals surface area contributed by atoms with Gasteiger partial charge in [0, 0.05) is 30.7 Å². The molecule has 5 atom stereocenters. The Labute approximate surface area is 165 Å². The second kappa shape index (κ2) is 6.17. The Bertz CT molecular complexity index is 838. The summed E-state index contributed by atoms with van der Waals surface area (Å²) in [6.07, 6.45) is 1.05. The summed E-state index contributed by atoms with van der Waals surface area (Å²) in [5.41, 5.74) is 2.17. The lowest BCUT2D eigenvalue weighted by atomic mass is 9.59. The van der Waals surface area contributed by atoms with Gasteiger partial charge in [-0.15, -0.1) is 0 Å². The minimum absolute atomic E-state index is 0.249. The van der Waals surface area contributed by atoms with Crippen LogP contribution in [0.5, 0.6) is 0 Å². The molecular formula is C25H32OSi. The fourth-order valence-electron chi connectivity index (χ4n) is 6.44. The molecule has 2 aliphatic carbocycles. The molecule has 2 heteroatoms. The molecule has 0 aliphatic heterocycles. The Morgan fingerprint density at radius 3 is 1.81 bits per heavy atom. The highest BCUT2D eigenvalue weighted by Crippen LogP contribution is 2.73. The SMILES string of the molecule is C[C@]12C(=O)[C@](C)(CC1C[Si](C)(C)C)C(c1ccccc1)C2c1ccccc1. The summed E-state index contributed by atoms with van der Waals surface area (Å²) >= 11 is 0. The summed E-state index contributed by atoms with van der Waals surface area (Å²) in [7, 11) is -1.25. The van der Waals surface area contributed by atoms with E-state index in [4.69, 9.17) is 0 Å². The second-order valence-electron chi connectivity index (χ2n) is 10.5. The van der Waals surface area contributed by atoms with Crippen molar-refractivity contribution in [2.24, 2.45) is 16.7 Å². The van der Waals surface area contributed by atoms with Crippen LogP contribution >= 0.6 is 0 Å². The lowest BCUT2D eigenvalue weighted by Crippen LogP contribution is -2.39. The van der Waals surface area contributed by atoms with Gasteiger partial charge in [0.25, 0.3) is 0 Å². The third kappa shape index (κ3) is 2.76. The highest BCUT2D eigenvalue weighted by atomic mass is 28.3. The van der Waals surface area contributed by atoms with Gasteiger partial charge in [0.2, 0.25) is 0 Å². The molecule has 0 saturated heterocycles. The molecule has 2 bridgehead atoms. The normalized spacial score (nSPS) is 35.6. The average molecular weight is 377 g/mol. The number of ketones is 1. The number of carbonyl (C=O) groups is 1. The number of hydrogen-bond acceptors (Lipinski definition) is 1. The molecule has 1 nitrogen and oxygen atoms in total. The Kier molecular flexibility index (Phi) is 4.27. The van der Waals surface area contributed by atoms with Gasteiger partial charge in [0.1, 0.15) is 5.78 Å². The van der Waals surface area contributed by atoms with Gasteiger partial charge in [0.05, 0.1) is 0 Å². The van der Waals surface area contributed by atoms with E-state index in [1.54, 1.807) is 0 Å². The number of hydrogen-bond donors (Lipinski definition) is 0. The van der Waals surface area contributed by atoms with Gasteiger partial charge < -0.3 is 0 Å². The summed E-state index contributed by atoms with van der Waals surface area (Å²) in [6, 6.07) is 22.9. The summed E-state index contributed by atoms with van der Waals surface area (Å²) in [6.45, 7) is 11.9. The largest absolute Gasteiger partial charge is 0.298 e. The van der Waals surface area contributed by atoms with Crippen LogP contribution in [0.3, 0.4) is 0 Å². The summed E-state index contributed by atoms with van der Waals surface area (Å²) in [5.74, 6) is 1.57. The van der Waals surface area contributed by atoms with Gasteiger partial charge in [-0.1, -0.05) is 100 Å². The predicted octanol–water partition coefficient (Wildman–Crippen LogP) is 6.51. The lowest BCUT2D eigenvalue weighted by molar-refractivity contribution is -0.129. The zero-order valence-corrected chi connectivity index (χ0v) is 18.3. The van der Waals surface area contributed by atoms with Gasteiger partial charge in [-0.05, 0) is 23.5 Å². The molecule has 2 saturated carbocycles. The third-order valence-electron chi connectivity index (χ3n) is 7.37. The molecule has 0 aromatic heterocycles. The molecule has 2 aromatic carbocycles. The van der Waals surface area contributed by atoms with Crippen molar-refractivity contribution >= 4 is 13.9 Å². The van der Waals surface area contributed by atoms with E-state index in [1.807, 2.05) is 0 Å². The highest BCUT2D eigenvalue weighted by molar-refractivity contribution is 6.76. The number of Topliss-reactive ketones (excluding diaryl/α,β-unsaturated/α-hetero) is 1. The Morgan fingerprint density at radius 1 is 0.852 bits per heavy atom. The molecule has 0 N–H and O–H groups in total. The van der Waals surface area contributed by atoms with E-state index < -0.39 is 8.07 Å². The van der Waals surface area contributed by atoms with Crippen molar-refractivity contribution in [2.75, 3.05) is 0 Å². The van der Waals surface area contributed by atoms with E-state index in [-0.39, 0.29) is 22.7 Å². The number of rotatable bonds is 4. The van der Waals surface area contributed by atoms with Crippen LogP contribution in [-0.4, -0.2) is 13.9 Å². The van der Waals surface area contributed by atoms with E-state index in [1.165, 1.54) is 17.2 Å². The molecule has 2 aromatic rings. The molecule has 3 unspecified atom stereocenters. The fourth-order valence-corrected chi connectivity index (χ4v) is 8.48. The van der Waals surface area contributed by atoms with E-state index in [9.17, 15) is 4.79 Å². The molecule has 0 heterocycles. The lowest BCUT2D eigenvalue weighted by Gasteiger charge is -2.45. The molecule has 2 fully saturated rings. The first-order valence-corrected chi connectivity index (χ1v) is 14.0. The maximum atomic E-state index is 13.9. The van der Waals surface area contributed by atoms with Crippen molar-refractivity contribution in [3.05, 3.63) is 71.8 Å². The summed E-state index contributed by atoms with van der Waals surface area (Å²) < 4.78 is 0. The van der Waals surface area contributed by atoms with Crippen molar-refractivity contribution in [3.8, 4) is 0 Å². The molecule has 4 rings (SSSR count). The van der Waals surface area contributed by atoms with E-state index >= 15 is 0 Å². The molecule has 0 radical (unpaired) electrons. The summed E-state index contributed by atoms with van der Waals surface area (Å²) in [5, 5.41) is 0. The molecule has 27 heavy (non-hydrogen) atoms.